The summed E-state index contributed by atoms with van der Waals surface area (Å²) in [5.41, 5.74) is -0.670. The molecule has 2 N–H and O–H groups in total. The van der Waals surface area contributed by atoms with Crippen molar-refractivity contribution in [1.82, 2.24) is 10.2 Å². The molecule has 4 rings (SSSR count). The number of carbonyl (C=O) groups excluding carboxylic acids is 1. The van der Waals surface area contributed by atoms with E-state index < -0.39 is 5.60 Å². The lowest BCUT2D eigenvalue weighted by molar-refractivity contribution is -0.224. The second kappa shape index (κ2) is 4.10. The Morgan fingerprint density at radius 3 is 2.45 bits per heavy atom. The molecule has 4 fully saturated rings. The molecule has 0 spiro atoms. The fourth-order valence-electron chi connectivity index (χ4n) is 3.99. The number of rotatable bonds is 2. The van der Waals surface area contributed by atoms with Gasteiger partial charge in [-0.25, -0.2) is 4.79 Å². The van der Waals surface area contributed by atoms with Crippen molar-refractivity contribution in [3.05, 3.63) is 0 Å². The fourth-order valence-corrected chi connectivity index (χ4v) is 3.99. The van der Waals surface area contributed by atoms with E-state index in [1.807, 2.05) is 25.7 Å². The van der Waals surface area contributed by atoms with E-state index in [4.69, 9.17) is 4.74 Å². The Labute approximate surface area is 120 Å². The molecule has 0 radical (unpaired) electrons. The Balaban J connectivity index is 1.55. The number of likely N-dealkylation sites (tertiary alicyclic amines) is 1. The lowest BCUT2D eigenvalue weighted by Crippen LogP contribution is -2.79. The lowest BCUT2D eigenvalue weighted by atomic mass is 9.46. The molecule has 4 aliphatic rings. The van der Waals surface area contributed by atoms with Crippen molar-refractivity contribution >= 4 is 6.09 Å². The van der Waals surface area contributed by atoms with Crippen molar-refractivity contribution in [1.29, 1.82) is 0 Å². The molecule has 2 bridgehead atoms. The molecule has 0 aromatic heterocycles. The van der Waals surface area contributed by atoms with Gasteiger partial charge in [-0.1, -0.05) is 0 Å². The summed E-state index contributed by atoms with van der Waals surface area (Å²) in [6.45, 7) is 8.50. The van der Waals surface area contributed by atoms with Crippen LogP contribution in [-0.2, 0) is 4.74 Å². The number of nitrogens with zero attached hydrogens (tertiary/aromatic N) is 1. The van der Waals surface area contributed by atoms with E-state index >= 15 is 0 Å². The Hall–Kier alpha value is -0.810. The molecule has 0 aromatic rings. The molecule has 1 unspecified atom stereocenters. The van der Waals surface area contributed by atoms with Crippen molar-refractivity contribution in [3.8, 4) is 0 Å². The van der Waals surface area contributed by atoms with E-state index in [2.05, 4.69) is 12.2 Å². The molecule has 5 nitrogen and oxygen atoms in total. The summed E-state index contributed by atoms with van der Waals surface area (Å²) in [6, 6.07) is 0.459. The molecule has 2 atom stereocenters. The van der Waals surface area contributed by atoms with E-state index in [0.717, 1.165) is 32.2 Å². The van der Waals surface area contributed by atoms with Gasteiger partial charge < -0.3 is 20.1 Å². The highest BCUT2D eigenvalue weighted by Gasteiger charge is 2.68. The highest BCUT2D eigenvalue weighted by Crippen LogP contribution is 2.60. The van der Waals surface area contributed by atoms with E-state index in [0.29, 0.717) is 6.04 Å². The zero-order valence-corrected chi connectivity index (χ0v) is 12.9. The van der Waals surface area contributed by atoms with Crippen LogP contribution in [-0.4, -0.2) is 51.5 Å². The average molecular weight is 282 g/mol. The van der Waals surface area contributed by atoms with Gasteiger partial charge in [-0.05, 0) is 53.4 Å². The SMILES string of the molecule is C[C@H]1C(NC23CC(O)(C2)C3)CCN1C(=O)OC(C)(C)C. The molecule has 3 saturated carbocycles. The highest BCUT2D eigenvalue weighted by atomic mass is 16.6. The van der Waals surface area contributed by atoms with E-state index in [1.165, 1.54) is 0 Å². The smallest absolute Gasteiger partial charge is 0.410 e. The van der Waals surface area contributed by atoms with Gasteiger partial charge in [0.05, 0.1) is 5.60 Å². The van der Waals surface area contributed by atoms with Crippen LogP contribution >= 0.6 is 0 Å². The summed E-state index contributed by atoms with van der Waals surface area (Å²) in [4.78, 5) is 14.0. The highest BCUT2D eigenvalue weighted by molar-refractivity contribution is 5.69. The monoisotopic (exact) mass is 282 g/mol. The zero-order valence-electron chi connectivity index (χ0n) is 12.9. The van der Waals surface area contributed by atoms with E-state index in [1.54, 1.807) is 0 Å². The summed E-state index contributed by atoms with van der Waals surface area (Å²) in [6.07, 6.45) is 3.35. The normalized spacial score (nSPS) is 43.0. The van der Waals surface area contributed by atoms with Crippen LogP contribution in [0.15, 0.2) is 0 Å². The van der Waals surface area contributed by atoms with Gasteiger partial charge >= 0.3 is 6.09 Å². The molecule has 1 amide bonds. The molecule has 114 valence electrons. The topological polar surface area (TPSA) is 61.8 Å². The van der Waals surface area contributed by atoms with Crippen molar-refractivity contribution < 1.29 is 14.6 Å². The third-order valence-corrected chi connectivity index (χ3v) is 4.88. The van der Waals surface area contributed by atoms with Crippen LogP contribution in [0.5, 0.6) is 0 Å². The molecule has 1 heterocycles. The number of ether oxygens (including phenoxy) is 1. The van der Waals surface area contributed by atoms with Crippen LogP contribution in [0.1, 0.15) is 53.4 Å². The van der Waals surface area contributed by atoms with Crippen molar-refractivity contribution in [2.24, 2.45) is 0 Å². The standard InChI is InChI=1S/C15H26N2O3/c1-10-11(16-14-7-15(19,8-14)9-14)5-6-17(10)12(18)20-13(2,3)4/h10-11,16,19H,5-9H2,1-4H3/t10-,11?,14?,15?/m0/s1. The largest absolute Gasteiger partial charge is 0.444 e. The van der Waals surface area contributed by atoms with Crippen LogP contribution < -0.4 is 5.32 Å². The minimum atomic E-state index is -0.445. The van der Waals surface area contributed by atoms with Crippen LogP contribution in [0.4, 0.5) is 4.79 Å². The fraction of sp³-hybridized carbons (Fsp3) is 0.933. The van der Waals surface area contributed by atoms with Crippen LogP contribution in [0, 0.1) is 0 Å². The van der Waals surface area contributed by atoms with Crippen LogP contribution in [0.2, 0.25) is 0 Å². The molecular formula is C15H26N2O3. The number of hydrogen-bond acceptors (Lipinski definition) is 4. The molecule has 20 heavy (non-hydrogen) atoms. The predicted octanol–water partition coefficient (Wildman–Crippen LogP) is 1.64. The van der Waals surface area contributed by atoms with E-state index in [9.17, 15) is 9.90 Å². The summed E-state index contributed by atoms with van der Waals surface area (Å²) in [5, 5.41) is 13.5. The Morgan fingerprint density at radius 2 is 1.95 bits per heavy atom. The lowest BCUT2D eigenvalue weighted by Gasteiger charge is -2.68. The van der Waals surface area contributed by atoms with Gasteiger partial charge in [-0.15, -0.1) is 0 Å². The molecule has 5 heteroatoms. The van der Waals surface area contributed by atoms with Gasteiger partial charge in [0.25, 0.3) is 0 Å². The zero-order chi connectivity index (χ0) is 14.8. The average Bonchev–Trinajstić information content (AvgIpc) is 2.54. The predicted molar refractivity (Wildman–Crippen MR) is 75.5 cm³/mol. The minimum absolute atomic E-state index is 0.147. The maximum absolute atomic E-state index is 12.2. The van der Waals surface area contributed by atoms with Crippen molar-refractivity contribution in [2.45, 2.75) is 82.2 Å². The van der Waals surface area contributed by atoms with Crippen molar-refractivity contribution in [3.63, 3.8) is 0 Å². The van der Waals surface area contributed by atoms with Gasteiger partial charge in [0.2, 0.25) is 0 Å². The van der Waals surface area contributed by atoms with Gasteiger partial charge in [-0.3, -0.25) is 0 Å². The van der Waals surface area contributed by atoms with E-state index in [-0.39, 0.29) is 23.3 Å². The number of aliphatic hydroxyl groups is 1. The molecule has 3 aliphatic carbocycles. The minimum Gasteiger partial charge on any atom is -0.444 e. The summed E-state index contributed by atoms with van der Waals surface area (Å²) in [5.74, 6) is 0. The second-order valence-corrected chi connectivity index (χ2v) is 7.99. The quantitative estimate of drug-likeness (QED) is 0.808. The Bertz CT molecular complexity index is 410. The summed E-state index contributed by atoms with van der Waals surface area (Å²) in [7, 11) is 0. The Kier molecular flexibility index (Phi) is 2.90. The third kappa shape index (κ3) is 2.31. The number of nitrogens with one attached hydrogen (secondary N) is 1. The molecule has 0 aromatic carbocycles. The first-order chi connectivity index (χ1) is 9.12. The van der Waals surface area contributed by atoms with Crippen LogP contribution in [0.3, 0.4) is 0 Å². The molecule has 1 aliphatic heterocycles. The molecular weight excluding hydrogens is 256 g/mol. The van der Waals surface area contributed by atoms with Gasteiger partial charge in [-0.2, -0.15) is 0 Å². The first-order valence-corrected chi connectivity index (χ1v) is 7.61. The van der Waals surface area contributed by atoms with Crippen molar-refractivity contribution in [2.75, 3.05) is 6.54 Å². The second-order valence-electron chi connectivity index (χ2n) is 7.99. The van der Waals surface area contributed by atoms with Crippen LogP contribution in [0.25, 0.3) is 0 Å². The van der Waals surface area contributed by atoms with Gasteiger partial charge in [0.15, 0.2) is 0 Å². The maximum Gasteiger partial charge on any atom is 0.410 e. The Morgan fingerprint density at radius 1 is 1.35 bits per heavy atom. The number of hydrogen-bond donors (Lipinski definition) is 2. The first-order valence-electron chi connectivity index (χ1n) is 7.61. The third-order valence-electron chi connectivity index (χ3n) is 4.88. The summed E-state index contributed by atoms with van der Waals surface area (Å²) >= 11 is 0. The van der Waals surface area contributed by atoms with Gasteiger partial charge in [0.1, 0.15) is 5.60 Å². The number of carbonyl (C=O) groups is 1. The van der Waals surface area contributed by atoms with Gasteiger partial charge in [0, 0.05) is 24.2 Å². The summed E-state index contributed by atoms with van der Waals surface area (Å²) < 4.78 is 5.46. The number of amides is 1. The maximum atomic E-state index is 12.2. The molecule has 1 saturated heterocycles. The first kappa shape index (κ1) is 14.1.